The minimum Gasteiger partial charge on any atom is -0.456 e. The van der Waals surface area contributed by atoms with E-state index < -0.39 is 0 Å². The van der Waals surface area contributed by atoms with Gasteiger partial charge in [0, 0.05) is 27.4 Å². The molecular weight excluding hydrogens is 679 g/mol. The molecule has 268 valence electrons. The van der Waals surface area contributed by atoms with E-state index in [4.69, 9.17) is 4.42 Å². The SMILES string of the molecule is C=Cc1c(C=C)n(-c2cc(-c3ccccc3)cc(-c3ccccc3)c2)c2ccc(-c3ccc4oc5cc6c7c(cccc7c5c4c3)C3=C6CCC=C3)cc12.CC. The Bertz CT molecular complexity index is 3050. The molecule has 9 aromatic rings. The summed E-state index contributed by atoms with van der Waals surface area (Å²) < 4.78 is 8.93. The van der Waals surface area contributed by atoms with E-state index in [0.29, 0.717) is 0 Å². The van der Waals surface area contributed by atoms with Crippen LogP contribution in [0, 0.1) is 0 Å². The van der Waals surface area contributed by atoms with E-state index in [-0.39, 0.29) is 0 Å². The highest BCUT2D eigenvalue weighted by Crippen LogP contribution is 2.50. The monoisotopic (exact) mass is 719 g/mol. The van der Waals surface area contributed by atoms with E-state index in [1.165, 1.54) is 49.6 Å². The van der Waals surface area contributed by atoms with E-state index in [1.807, 2.05) is 26.0 Å². The van der Waals surface area contributed by atoms with Gasteiger partial charge < -0.3 is 8.98 Å². The molecule has 0 amide bonds. The van der Waals surface area contributed by atoms with Crippen LogP contribution in [0.5, 0.6) is 0 Å². The lowest BCUT2D eigenvalue weighted by Crippen LogP contribution is -1.98. The molecule has 2 aliphatic carbocycles. The maximum atomic E-state index is 6.60. The Morgan fingerprint density at radius 1 is 0.554 bits per heavy atom. The zero-order chi connectivity index (χ0) is 37.9. The van der Waals surface area contributed by atoms with Crippen molar-refractivity contribution in [2.45, 2.75) is 26.7 Å². The second kappa shape index (κ2) is 13.4. The van der Waals surface area contributed by atoms with Crippen LogP contribution < -0.4 is 0 Å². The number of nitrogens with zero attached hydrogens (tertiary/aromatic N) is 1. The third kappa shape index (κ3) is 5.10. The summed E-state index contributed by atoms with van der Waals surface area (Å²) in [4.78, 5) is 0. The first-order valence-corrected chi connectivity index (χ1v) is 19.7. The summed E-state index contributed by atoms with van der Waals surface area (Å²) in [6.45, 7) is 12.6. The summed E-state index contributed by atoms with van der Waals surface area (Å²) in [7, 11) is 0. The van der Waals surface area contributed by atoms with Gasteiger partial charge in [-0.05, 0) is 134 Å². The normalized spacial score (nSPS) is 13.0. The molecule has 0 bridgehead atoms. The van der Waals surface area contributed by atoms with E-state index >= 15 is 0 Å². The Morgan fingerprint density at radius 2 is 1.25 bits per heavy atom. The smallest absolute Gasteiger partial charge is 0.136 e. The number of hydrogen-bond donors (Lipinski definition) is 0. The van der Waals surface area contributed by atoms with Crippen molar-refractivity contribution in [3.8, 4) is 39.1 Å². The van der Waals surface area contributed by atoms with E-state index in [1.54, 1.807) is 0 Å². The van der Waals surface area contributed by atoms with Crippen molar-refractivity contribution in [2.24, 2.45) is 0 Å². The van der Waals surface area contributed by atoms with Gasteiger partial charge in [-0.3, -0.25) is 0 Å². The van der Waals surface area contributed by atoms with Crippen LogP contribution >= 0.6 is 0 Å². The molecule has 0 spiro atoms. The zero-order valence-electron chi connectivity index (χ0n) is 31.8. The third-order valence-corrected chi connectivity index (χ3v) is 11.5. The van der Waals surface area contributed by atoms with Crippen molar-refractivity contribution in [3.63, 3.8) is 0 Å². The molecule has 0 fully saturated rings. The fourth-order valence-electron chi connectivity index (χ4n) is 9.13. The molecule has 11 rings (SSSR count). The molecule has 2 aromatic heterocycles. The number of allylic oxidation sites excluding steroid dienone is 4. The van der Waals surface area contributed by atoms with Crippen LogP contribution in [0.3, 0.4) is 0 Å². The van der Waals surface area contributed by atoms with Crippen LogP contribution in [0.4, 0.5) is 0 Å². The van der Waals surface area contributed by atoms with Crippen molar-refractivity contribution < 1.29 is 4.42 Å². The van der Waals surface area contributed by atoms with Gasteiger partial charge in [0.2, 0.25) is 0 Å². The lowest BCUT2D eigenvalue weighted by molar-refractivity contribution is 0.669. The van der Waals surface area contributed by atoms with Crippen molar-refractivity contribution in [1.82, 2.24) is 4.57 Å². The van der Waals surface area contributed by atoms with Gasteiger partial charge >= 0.3 is 0 Å². The standard InChI is InChI=1S/C52H35NO.C2H6/c1-3-39-44-29-34(35-23-25-49-46(30-35)52-43-21-13-20-42-40-18-11-12-19-41(40)45(51(42)43)31-50(52)54-49)22-24-48(44)53(47(39)4-2)38-27-36(32-14-7-5-8-15-32)26-37(28-38)33-16-9-6-10-17-33;1-2/h3-11,13-18,20-31H,1-2,12,19H2;1-2H3. The highest BCUT2D eigenvalue weighted by atomic mass is 16.3. The van der Waals surface area contributed by atoms with Gasteiger partial charge in [-0.2, -0.15) is 0 Å². The van der Waals surface area contributed by atoms with E-state index in [2.05, 4.69) is 169 Å². The Morgan fingerprint density at radius 3 is 1.95 bits per heavy atom. The Hall–Kier alpha value is -6.90. The van der Waals surface area contributed by atoms with Crippen LogP contribution in [-0.4, -0.2) is 4.57 Å². The molecule has 0 saturated carbocycles. The van der Waals surface area contributed by atoms with Crippen LogP contribution in [0.1, 0.15) is 49.1 Å². The molecule has 2 aliphatic rings. The lowest BCUT2D eigenvalue weighted by Gasteiger charge is -2.15. The number of fused-ring (bicyclic) bond motifs is 7. The fourth-order valence-corrected chi connectivity index (χ4v) is 9.13. The second-order valence-corrected chi connectivity index (χ2v) is 14.4. The quantitative estimate of drug-likeness (QED) is 0.167. The second-order valence-electron chi connectivity index (χ2n) is 14.4. The van der Waals surface area contributed by atoms with Crippen molar-refractivity contribution >= 4 is 66.9 Å². The maximum Gasteiger partial charge on any atom is 0.136 e. The zero-order valence-corrected chi connectivity index (χ0v) is 31.8. The predicted molar refractivity (Wildman–Crippen MR) is 241 cm³/mol. The highest BCUT2D eigenvalue weighted by molar-refractivity contribution is 6.27. The van der Waals surface area contributed by atoms with Crippen LogP contribution in [0.25, 0.3) is 106 Å². The first-order chi connectivity index (χ1) is 27.7. The maximum absolute atomic E-state index is 6.60. The summed E-state index contributed by atoms with van der Waals surface area (Å²) in [5.41, 5.74) is 18.6. The van der Waals surface area contributed by atoms with Gasteiger partial charge in [0.15, 0.2) is 0 Å². The van der Waals surface area contributed by atoms with E-state index in [9.17, 15) is 0 Å². The average molecular weight is 720 g/mol. The molecule has 0 N–H and O–H groups in total. The van der Waals surface area contributed by atoms with Gasteiger partial charge in [-0.1, -0.05) is 136 Å². The molecule has 0 radical (unpaired) electrons. The third-order valence-electron chi connectivity index (χ3n) is 11.5. The summed E-state index contributed by atoms with van der Waals surface area (Å²) >= 11 is 0. The van der Waals surface area contributed by atoms with Gasteiger partial charge in [0.05, 0.1) is 11.2 Å². The van der Waals surface area contributed by atoms with Gasteiger partial charge in [-0.25, -0.2) is 0 Å². The molecule has 0 aliphatic heterocycles. The Balaban J connectivity index is 0.00000189. The van der Waals surface area contributed by atoms with E-state index in [0.717, 1.165) is 79.5 Å². The first-order valence-electron chi connectivity index (χ1n) is 19.7. The molecular formula is C54H41NO. The number of aromatic nitrogens is 1. The predicted octanol–water partition coefficient (Wildman–Crippen LogP) is 15.6. The summed E-state index contributed by atoms with van der Waals surface area (Å²) in [5, 5.41) is 6.10. The summed E-state index contributed by atoms with van der Waals surface area (Å²) in [5.74, 6) is 0. The molecule has 0 saturated heterocycles. The molecule has 7 aromatic carbocycles. The van der Waals surface area contributed by atoms with Crippen LogP contribution in [0.15, 0.2) is 169 Å². The van der Waals surface area contributed by atoms with Crippen molar-refractivity contribution in [1.29, 1.82) is 0 Å². The molecule has 2 heteroatoms. The molecule has 2 nitrogen and oxygen atoms in total. The minimum absolute atomic E-state index is 0.913. The van der Waals surface area contributed by atoms with Gasteiger partial charge in [0.25, 0.3) is 0 Å². The average Bonchev–Trinajstić information content (AvgIpc) is 3.92. The Kier molecular flexibility index (Phi) is 8.08. The number of hydrogen-bond acceptors (Lipinski definition) is 1. The fraction of sp³-hybridized carbons (Fsp3) is 0.0741. The molecule has 0 atom stereocenters. The number of furan rings is 1. The molecule has 56 heavy (non-hydrogen) atoms. The van der Waals surface area contributed by atoms with Crippen LogP contribution in [-0.2, 0) is 0 Å². The van der Waals surface area contributed by atoms with Gasteiger partial charge in [0.1, 0.15) is 11.2 Å². The Labute approximate surface area is 327 Å². The van der Waals surface area contributed by atoms with Gasteiger partial charge in [-0.15, -0.1) is 0 Å². The molecule has 0 unspecified atom stereocenters. The largest absolute Gasteiger partial charge is 0.456 e. The summed E-state index contributed by atoms with van der Waals surface area (Å²) in [6, 6.07) is 50.6. The lowest BCUT2D eigenvalue weighted by atomic mass is 9.94. The van der Waals surface area contributed by atoms with Crippen molar-refractivity contribution in [2.75, 3.05) is 0 Å². The molecule has 2 heterocycles. The van der Waals surface area contributed by atoms with Crippen LogP contribution in [0.2, 0.25) is 0 Å². The summed E-state index contributed by atoms with van der Waals surface area (Å²) in [6.07, 6.45) is 10.7. The topological polar surface area (TPSA) is 18.1 Å². The highest BCUT2D eigenvalue weighted by Gasteiger charge is 2.27. The number of benzene rings is 7. The minimum atomic E-state index is 0.913. The van der Waals surface area contributed by atoms with Crippen molar-refractivity contribution in [3.05, 3.63) is 187 Å². The first kappa shape index (κ1) is 33.7. The number of rotatable bonds is 6.